The number of nitrogens with one attached hydrogen (secondary N) is 1. The molecule has 2 aromatic carbocycles. The average molecular weight is 427 g/mol. The molecule has 0 aliphatic carbocycles. The Hall–Kier alpha value is -3.59. The highest BCUT2D eigenvalue weighted by atomic mass is 32.2. The van der Waals surface area contributed by atoms with Crippen LogP contribution in [0.15, 0.2) is 83.1 Å². The van der Waals surface area contributed by atoms with Gasteiger partial charge in [0.15, 0.2) is 16.6 Å². The molecule has 0 unspecified atom stereocenters. The van der Waals surface area contributed by atoms with Gasteiger partial charge in [-0.3, -0.25) is 0 Å². The second-order valence-corrected chi connectivity index (χ2v) is 8.17. The second kappa shape index (κ2) is 8.03. The van der Waals surface area contributed by atoms with Crippen LogP contribution >= 0.6 is 0 Å². The van der Waals surface area contributed by atoms with Gasteiger partial charge >= 0.3 is 0 Å². The molecule has 0 amide bonds. The van der Waals surface area contributed by atoms with Crippen LogP contribution in [-0.4, -0.2) is 23.4 Å². The Labute approximate surface area is 171 Å². The van der Waals surface area contributed by atoms with Crippen molar-refractivity contribution in [1.82, 2.24) is 15.0 Å². The molecule has 152 valence electrons. The number of hydrogen-bond donors (Lipinski definition) is 1. The molecule has 0 aliphatic rings. The number of nitrogens with zero attached hydrogens (tertiary/aromatic N) is 2. The van der Waals surface area contributed by atoms with E-state index < -0.39 is 21.5 Å². The predicted molar refractivity (Wildman–Crippen MR) is 104 cm³/mol. The maximum absolute atomic E-state index is 13.7. The third-order valence-electron chi connectivity index (χ3n) is 4.30. The van der Waals surface area contributed by atoms with Gasteiger partial charge in [-0.25, -0.2) is 27.2 Å². The fraction of sp³-hybridized carbons (Fsp3) is 0.0476. The quantitative estimate of drug-likeness (QED) is 0.499. The lowest BCUT2D eigenvalue weighted by molar-refractivity contribution is 0.289. The molecule has 9 heteroatoms. The predicted octanol–water partition coefficient (Wildman–Crippen LogP) is 4.16. The Morgan fingerprint density at radius 2 is 1.77 bits per heavy atom. The largest absolute Gasteiger partial charge is 0.486 e. The number of sulfone groups is 1. The van der Waals surface area contributed by atoms with Crippen LogP contribution in [-0.2, 0) is 16.4 Å². The van der Waals surface area contributed by atoms with Crippen molar-refractivity contribution in [3.8, 4) is 17.1 Å². The van der Waals surface area contributed by atoms with Gasteiger partial charge in [-0.15, -0.1) is 0 Å². The molecule has 4 aromatic rings. The van der Waals surface area contributed by atoms with Gasteiger partial charge in [0.1, 0.15) is 18.2 Å². The van der Waals surface area contributed by atoms with Gasteiger partial charge in [0.05, 0.1) is 10.5 Å². The standard InChI is InChI=1S/C21H15F2N3O3S/c22-15-5-8-19(18(23)12-15)29-13-14-3-6-16(7-4-14)30(27,28)21-17(2-1-9-26-21)20-24-10-11-25-20/h1-12H,13H2,(H,24,25). The molecule has 6 nitrogen and oxygen atoms in total. The highest BCUT2D eigenvalue weighted by molar-refractivity contribution is 7.91. The van der Waals surface area contributed by atoms with Gasteiger partial charge < -0.3 is 9.72 Å². The molecule has 0 aliphatic heterocycles. The molecule has 0 atom stereocenters. The molecular formula is C21H15F2N3O3S. The van der Waals surface area contributed by atoms with Crippen LogP contribution in [0.4, 0.5) is 8.78 Å². The smallest absolute Gasteiger partial charge is 0.224 e. The molecule has 0 radical (unpaired) electrons. The number of aromatic amines is 1. The summed E-state index contributed by atoms with van der Waals surface area (Å²) in [6, 6.07) is 12.2. The maximum atomic E-state index is 13.7. The lowest BCUT2D eigenvalue weighted by atomic mass is 10.2. The van der Waals surface area contributed by atoms with Crippen LogP contribution in [0.3, 0.4) is 0 Å². The Kier molecular flexibility index (Phi) is 5.28. The molecule has 0 bridgehead atoms. The molecule has 2 aromatic heterocycles. The Bertz CT molecular complexity index is 1280. The molecule has 0 saturated heterocycles. The van der Waals surface area contributed by atoms with Crippen molar-refractivity contribution in [1.29, 1.82) is 0 Å². The van der Waals surface area contributed by atoms with E-state index in [-0.39, 0.29) is 22.3 Å². The van der Waals surface area contributed by atoms with Crippen LogP contribution in [0.1, 0.15) is 5.56 Å². The molecule has 30 heavy (non-hydrogen) atoms. The summed E-state index contributed by atoms with van der Waals surface area (Å²) in [4.78, 5) is 11.1. The lowest BCUT2D eigenvalue weighted by Gasteiger charge is -2.10. The first-order valence-corrected chi connectivity index (χ1v) is 10.3. The molecule has 2 heterocycles. The first-order valence-electron chi connectivity index (χ1n) is 8.82. The van der Waals surface area contributed by atoms with Crippen LogP contribution in [0.5, 0.6) is 5.75 Å². The maximum Gasteiger partial charge on any atom is 0.224 e. The van der Waals surface area contributed by atoms with Crippen LogP contribution in [0.2, 0.25) is 0 Å². The lowest BCUT2D eigenvalue weighted by Crippen LogP contribution is -2.07. The summed E-state index contributed by atoms with van der Waals surface area (Å²) in [5.41, 5.74) is 0.978. The van der Waals surface area contributed by atoms with Crippen molar-refractivity contribution >= 4 is 9.84 Å². The Balaban J connectivity index is 1.57. The van der Waals surface area contributed by atoms with E-state index in [9.17, 15) is 17.2 Å². The number of H-pyrrole nitrogens is 1. The van der Waals surface area contributed by atoms with E-state index in [0.717, 1.165) is 12.1 Å². The summed E-state index contributed by atoms with van der Waals surface area (Å²) in [6.45, 7) is -0.00981. The Morgan fingerprint density at radius 3 is 2.47 bits per heavy atom. The van der Waals surface area contributed by atoms with Crippen molar-refractivity contribution in [3.05, 3.63) is 90.4 Å². The fourth-order valence-electron chi connectivity index (χ4n) is 2.83. The number of pyridine rings is 1. The number of benzene rings is 2. The summed E-state index contributed by atoms with van der Waals surface area (Å²) in [7, 11) is -3.90. The second-order valence-electron chi connectivity index (χ2n) is 6.30. The van der Waals surface area contributed by atoms with Crippen molar-refractivity contribution in [2.45, 2.75) is 16.5 Å². The van der Waals surface area contributed by atoms with Crippen LogP contribution in [0.25, 0.3) is 11.4 Å². The zero-order valence-electron chi connectivity index (χ0n) is 15.4. The minimum Gasteiger partial charge on any atom is -0.486 e. The normalized spacial score (nSPS) is 11.4. The highest BCUT2D eigenvalue weighted by Gasteiger charge is 2.24. The van der Waals surface area contributed by atoms with Gasteiger partial charge in [0.25, 0.3) is 0 Å². The number of aromatic nitrogens is 3. The molecule has 4 rings (SSSR count). The fourth-order valence-corrected chi connectivity index (χ4v) is 4.20. The summed E-state index contributed by atoms with van der Waals surface area (Å²) in [5.74, 6) is -1.20. The van der Waals surface area contributed by atoms with Gasteiger partial charge in [0, 0.05) is 24.7 Å². The van der Waals surface area contributed by atoms with Crippen molar-refractivity contribution in [2.24, 2.45) is 0 Å². The number of ether oxygens (including phenoxy) is 1. The molecule has 0 spiro atoms. The molecule has 0 saturated carbocycles. The molecular weight excluding hydrogens is 412 g/mol. The van der Waals surface area contributed by atoms with Crippen molar-refractivity contribution < 1.29 is 21.9 Å². The first kappa shape index (κ1) is 19.7. The first-order chi connectivity index (χ1) is 14.4. The van der Waals surface area contributed by atoms with E-state index in [2.05, 4.69) is 15.0 Å². The SMILES string of the molecule is O=S(=O)(c1ccc(COc2ccc(F)cc2F)cc1)c1ncccc1-c1ncc[nH]1. The third kappa shape index (κ3) is 3.92. The van der Waals surface area contributed by atoms with Gasteiger partial charge in [-0.1, -0.05) is 12.1 Å². The van der Waals surface area contributed by atoms with Gasteiger partial charge in [-0.2, -0.15) is 0 Å². The number of halogens is 2. The summed E-state index contributed by atoms with van der Waals surface area (Å²) in [5, 5.41) is -0.114. The number of hydrogen-bond acceptors (Lipinski definition) is 5. The van der Waals surface area contributed by atoms with Gasteiger partial charge in [0.2, 0.25) is 9.84 Å². The minimum atomic E-state index is -3.90. The average Bonchev–Trinajstić information content (AvgIpc) is 3.28. The van der Waals surface area contributed by atoms with E-state index in [0.29, 0.717) is 17.0 Å². The monoisotopic (exact) mass is 427 g/mol. The Morgan fingerprint density at radius 1 is 0.967 bits per heavy atom. The number of imidazole rings is 1. The van der Waals surface area contributed by atoms with E-state index in [4.69, 9.17) is 4.74 Å². The van der Waals surface area contributed by atoms with E-state index in [1.54, 1.807) is 30.5 Å². The molecule has 1 N–H and O–H groups in total. The molecule has 0 fully saturated rings. The van der Waals surface area contributed by atoms with E-state index in [1.165, 1.54) is 30.6 Å². The van der Waals surface area contributed by atoms with Crippen LogP contribution < -0.4 is 4.74 Å². The van der Waals surface area contributed by atoms with E-state index in [1.807, 2.05) is 0 Å². The van der Waals surface area contributed by atoms with Crippen molar-refractivity contribution in [3.63, 3.8) is 0 Å². The van der Waals surface area contributed by atoms with E-state index >= 15 is 0 Å². The van der Waals surface area contributed by atoms with Gasteiger partial charge in [-0.05, 0) is 42.0 Å². The van der Waals surface area contributed by atoms with Crippen molar-refractivity contribution in [2.75, 3.05) is 0 Å². The zero-order chi connectivity index (χ0) is 21.1. The minimum absolute atomic E-state index is 0.00981. The highest BCUT2D eigenvalue weighted by Crippen LogP contribution is 2.28. The number of rotatable bonds is 6. The van der Waals surface area contributed by atoms with Crippen LogP contribution in [0, 0.1) is 11.6 Å². The zero-order valence-corrected chi connectivity index (χ0v) is 16.2. The summed E-state index contributed by atoms with van der Waals surface area (Å²) >= 11 is 0. The summed E-state index contributed by atoms with van der Waals surface area (Å²) < 4.78 is 58.2. The third-order valence-corrected chi connectivity index (χ3v) is 6.03. The summed E-state index contributed by atoms with van der Waals surface area (Å²) in [6.07, 6.45) is 4.52. The topological polar surface area (TPSA) is 84.9 Å².